The van der Waals surface area contributed by atoms with E-state index in [-0.39, 0.29) is 23.2 Å². The summed E-state index contributed by atoms with van der Waals surface area (Å²) >= 11 is 0. The second-order valence-corrected chi connectivity index (χ2v) is 6.11. The van der Waals surface area contributed by atoms with Crippen molar-refractivity contribution in [1.82, 2.24) is 15.3 Å². The van der Waals surface area contributed by atoms with E-state index < -0.39 is 5.91 Å². The van der Waals surface area contributed by atoms with Crippen molar-refractivity contribution in [3.05, 3.63) is 70.3 Å². The molecule has 0 fully saturated rings. The Morgan fingerprint density at radius 2 is 1.85 bits per heavy atom. The van der Waals surface area contributed by atoms with E-state index in [2.05, 4.69) is 20.6 Å². The zero-order valence-electron chi connectivity index (χ0n) is 13.8. The summed E-state index contributed by atoms with van der Waals surface area (Å²) in [6.45, 7) is 0.293. The molecule has 1 aromatic heterocycles. The normalized spacial score (nSPS) is 15.5. The van der Waals surface area contributed by atoms with Crippen LogP contribution in [0.4, 0.5) is 5.69 Å². The van der Waals surface area contributed by atoms with E-state index in [1.807, 2.05) is 24.3 Å². The Balaban J connectivity index is 1.45. The van der Waals surface area contributed by atoms with Crippen molar-refractivity contribution in [3.63, 3.8) is 0 Å². The van der Waals surface area contributed by atoms with Gasteiger partial charge in [-0.2, -0.15) is 0 Å². The van der Waals surface area contributed by atoms with Gasteiger partial charge in [-0.25, -0.2) is 4.98 Å². The number of carbonyl (C=O) groups excluding carboxylic acids is 2. The molecule has 1 aliphatic rings. The molecule has 2 amide bonds. The molecule has 2 heterocycles. The van der Waals surface area contributed by atoms with E-state index in [4.69, 9.17) is 0 Å². The number of hydrogen-bond acceptors (Lipinski definition) is 4. The molecule has 7 nitrogen and oxygen atoms in total. The highest BCUT2D eigenvalue weighted by Gasteiger charge is 2.29. The van der Waals surface area contributed by atoms with E-state index >= 15 is 0 Å². The van der Waals surface area contributed by atoms with Crippen LogP contribution in [-0.2, 0) is 4.79 Å². The van der Waals surface area contributed by atoms with Crippen LogP contribution >= 0.6 is 0 Å². The lowest BCUT2D eigenvalue weighted by molar-refractivity contribution is -0.117. The van der Waals surface area contributed by atoms with Crippen molar-refractivity contribution in [2.75, 3.05) is 11.9 Å². The number of nitrogens with one attached hydrogen (secondary N) is 3. The Labute approximate surface area is 148 Å². The van der Waals surface area contributed by atoms with Gasteiger partial charge in [0.1, 0.15) is 0 Å². The second kappa shape index (κ2) is 6.44. The molecular formula is C19H16N4O3. The molecule has 1 aliphatic heterocycles. The van der Waals surface area contributed by atoms with Crippen LogP contribution in [0.1, 0.15) is 28.5 Å². The lowest BCUT2D eigenvalue weighted by atomic mass is 9.97. The third kappa shape index (κ3) is 2.83. The first-order valence-corrected chi connectivity index (χ1v) is 8.30. The number of fused-ring (bicyclic) bond motifs is 2. The van der Waals surface area contributed by atoms with Crippen molar-refractivity contribution in [2.45, 2.75) is 12.3 Å². The molecule has 26 heavy (non-hydrogen) atoms. The van der Waals surface area contributed by atoms with E-state index in [1.54, 1.807) is 24.3 Å². The quantitative estimate of drug-likeness (QED) is 0.668. The van der Waals surface area contributed by atoms with Crippen LogP contribution in [0, 0.1) is 0 Å². The number of aromatic nitrogens is 2. The van der Waals surface area contributed by atoms with Crippen molar-refractivity contribution in [2.24, 2.45) is 0 Å². The molecule has 0 bridgehead atoms. The minimum atomic E-state index is -0.473. The minimum Gasteiger partial charge on any atom is -0.349 e. The molecule has 0 saturated carbocycles. The summed E-state index contributed by atoms with van der Waals surface area (Å²) in [4.78, 5) is 43.1. The number of anilines is 1. The number of benzene rings is 2. The van der Waals surface area contributed by atoms with Gasteiger partial charge in [-0.15, -0.1) is 0 Å². The lowest BCUT2D eigenvalue weighted by Gasteiger charge is -2.10. The summed E-state index contributed by atoms with van der Waals surface area (Å²) in [5.74, 6) is -0.877. The molecule has 1 atom stereocenters. The second-order valence-electron chi connectivity index (χ2n) is 6.11. The number of amides is 2. The molecule has 0 saturated heterocycles. The first-order chi connectivity index (χ1) is 12.6. The average Bonchev–Trinajstić information content (AvgIpc) is 2.97. The number of carbonyl (C=O) groups is 2. The third-order valence-electron chi connectivity index (χ3n) is 4.46. The van der Waals surface area contributed by atoms with Crippen LogP contribution in [0.15, 0.2) is 53.3 Å². The number of H-pyrrole nitrogens is 1. The fourth-order valence-corrected chi connectivity index (χ4v) is 3.17. The Morgan fingerprint density at radius 1 is 1.08 bits per heavy atom. The zero-order chi connectivity index (χ0) is 18.1. The van der Waals surface area contributed by atoms with Crippen molar-refractivity contribution in [3.8, 4) is 0 Å². The molecule has 0 radical (unpaired) electrons. The molecule has 7 heteroatoms. The third-order valence-corrected chi connectivity index (χ3v) is 4.46. The van der Waals surface area contributed by atoms with Crippen molar-refractivity contribution < 1.29 is 9.59 Å². The molecule has 3 N–H and O–H groups in total. The van der Waals surface area contributed by atoms with Gasteiger partial charge in [0.05, 0.1) is 16.8 Å². The van der Waals surface area contributed by atoms with Gasteiger partial charge in [-0.05, 0) is 30.2 Å². The maximum absolute atomic E-state index is 12.3. The van der Waals surface area contributed by atoms with E-state index in [1.165, 1.54) is 0 Å². The minimum absolute atomic E-state index is 0.0371. The van der Waals surface area contributed by atoms with Crippen LogP contribution in [-0.4, -0.2) is 28.3 Å². The Hall–Kier alpha value is -3.48. The summed E-state index contributed by atoms with van der Waals surface area (Å²) in [6.07, 6.45) is 0.465. The predicted molar refractivity (Wildman–Crippen MR) is 97.1 cm³/mol. The molecule has 0 spiro atoms. The Kier molecular flexibility index (Phi) is 3.96. The van der Waals surface area contributed by atoms with Gasteiger partial charge in [0.25, 0.3) is 11.5 Å². The smallest absolute Gasteiger partial charge is 0.287 e. The molecule has 1 unspecified atom stereocenters. The Morgan fingerprint density at radius 3 is 2.73 bits per heavy atom. The van der Waals surface area contributed by atoms with E-state index in [9.17, 15) is 14.4 Å². The fraction of sp³-hybridized carbons (Fsp3) is 0.158. The monoisotopic (exact) mass is 348 g/mol. The Bertz CT molecular complexity index is 1070. The largest absolute Gasteiger partial charge is 0.349 e. The summed E-state index contributed by atoms with van der Waals surface area (Å²) in [5.41, 5.74) is 1.86. The molecule has 0 aliphatic carbocycles. The summed E-state index contributed by atoms with van der Waals surface area (Å²) < 4.78 is 0. The van der Waals surface area contributed by atoms with E-state index in [0.29, 0.717) is 23.9 Å². The number of rotatable bonds is 4. The molecule has 4 rings (SSSR count). The maximum atomic E-state index is 12.3. The van der Waals surface area contributed by atoms with Crippen molar-refractivity contribution >= 4 is 28.4 Å². The number of nitrogens with zero attached hydrogens (tertiary/aromatic N) is 1. The zero-order valence-corrected chi connectivity index (χ0v) is 13.8. The van der Waals surface area contributed by atoms with Gasteiger partial charge in [0.15, 0.2) is 5.82 Å². The van der Waals surface area contributed by atoms with Crippen LogP contribution in [0.2, 0.25) is 0 Å². The highest BCUT2D eigenvalue weighted by atomic mass is 16.2. The lowest BCUT2D eigenvalue weighted by Crippen LogP contribution is -2.30. The topological polar surface area (TPSA) is 104 Å². The number of para-hydroxylation sites is 2. The highest BCUT2D eigenvalue weighted by molar-refractivity contribution is 6.02. The van der Waals surface area contributed by atoms with Gasteiger partial charge in [-0.1, -0.05) is 30.3 Å². The SMILES string of the molecule is O=C(NCCC1C(=O)Nc2ccccc21)c1nc2ccccc2c(=O)[nH]1. The van der Waals surface area contributed by atoms with Gasteiger partial charge < -0.3 is 15.6 Å². The summed E-state index contributed by atoms with van der Waals surface area (Å²) in [6, 6.07) is 14.3. The van der Waals surface area contributed by atoms with Crippen LogP contribution in [0.5, 0.6) is 0 Å². The molecular weight excluding hydrogens is 332 g/mol. The fourth-order valence-electron chi connectivity index (χ4n) is 3.17. The van der Waals surface area contributed by atoms with Crippen LogP contribution in [0.25, 0.3) is 10.9 Å². The van der Waals surface area contributed by atoms with Crippen LogP contribution < -0.4 is 16.2 Å². The molecule has 2 aromatic carbocycles. The summed E-state index contributed by atoms with van der Waals surface area (Å²) in [5, 5.41) is 5.98. The standard InChI is InChI=1S/C19H16N4O3/c24-17-12(11-5-1-3-7-14(11)22-17)9-10-20-19(26)16-21-15-8-4-2-6-13(15)18(25)23-16/h1-8,12H,9-10H2,(H,20,26)(H,22,24)(H,21,23,25). The average molecular weight is 348 g/mol. The van der Waals surface area contributed by atoms with Gasteiger partial charge >= 0.3 is 0 Å². The first-order valence-electron chi connectivity index (χ1n) is 8.30. The predicted octanol–water partition coefficient (Wildman–Crippen LogP) is 1.78. The maximum Gasteiger partial charge on any atom is 0.287 e. The van der Waals surface area contributed by atoms with Crippen molar-refractivity contribution in [1.29, 1.82) is 0 Å². The highest BCUT2D eigenvalue weighted by Crippen LogP contribution is 2.33. The number of aromatic amines is 1. The van der Waals surface area contributed by atoms with E-state index in [0.717, 1.165) is 11.3 Å². The van der Waals surface area contributed by atoms with Gasteiger partial charge in [-0.3, -0.25) is 14.4 Å². The van der Waals surface area contributed by atoms with Gasteiger partial charge in [0, 0.05) is 12.2 Å². The summed E-state index contributed by atoms with van der Waals surface area (Å²) in [7, 11) is 0. The molecule has 3 aromatic rings. The molecule has 130 valence electrons. The van der Waals surface area contributed by atoms with Gasteiger partial charge in [0.2, 0.25) is 5.91 Å². The van der Waals surface area contributed by atoms with Crippen LogP contribution in [0.3, 0.4) is 0 Å². The first kappa shape index (κ1) is 16.0. The number of hydrogen-bond donors (Lipinski definition) is 3.